The number of amides is 1. The average molecular weight is 440 g/mol. The van der Waals surface area contributed by atoms with Crippen molar-refractivity contribution in [3.63, 3.8) is 0 Å². The number of hydrogen-bond donors (Lipinski definition) is 1. The number of aromatic nitrogens is 1. The highest BCUT2D eigenvalue weighted by Crippen LogP contribution is 2.30. The van der Waals surface area contributed by atoms with E-state index in [1.165, 1.54) is 0 Å². The standard InChI is InChI=1S/C24H23Cl2N3O/c1-4-15(2)28-24(30)18(13-27)11-21-16(3)29(23-8-6-5-7-20(21)23)14-17-9-10-19(25)12-22(17)26/h5-12,15H,4,14H2,1-3H3,(H,28,30)/b18-11+/t15-/m1/s1. The van der Waals surface area contributed by atoms with E-state index >= 15 is 0 Å². The monoisotopic (exact) mass is 439 g/mol. The predicted molar refractivity (Wildman–Crippen MR) is 124 cm³/mol. The largest absolute Gasteiger partial charge is 0.349 e. The SMILES string of the molecule is CC[C@@H](C)NC(=O)/C(C#N)=C/c1c(C)n(Cc2ccc(Cl)cc2Cl)c2ccccc12. The maximum absolute atomic E-state index is 12.5. The first-order valence-corrected chi connectivity index (χ1v) is 10.6. The predicted octanol–water partition coefficient (Wildman–Crippen LogP) is 6.13. The van der Waals surface area contributed by atoms with Crippen LogP contribution in [-0.4, -0.2) is 16.5 Å². The van der Waals surface area contributed by atoms with Crippen LogP contribution < -0.4 is 5.32 Å². The summed E-state index contributed by atoms with van der Waals surface area (Å²) >= 11 is 12.4. The second-order valence-electron chi connectivity index (χ2n) is 7.29. The number of carbonyl (C=O) groups is 1. The maximum Gasteiger partial charge on any atom is 0.262 e. The normalized spacial score (nSPS) is 12.6. The molecule has 154 valence electrons. The van der Waals surface area contributed by atoms with Crippen molar-refractivity contribution < 1.29 is 4.79 Å². The van der Waals surface area contributed by atoms with Crippen molar-refractivity contribution in [2.45, 2.75) is 39.8 Å². The molecule has 0 radical (unpaired) electrons. The molecular formula is C24H23Cl2N3O. The summed E-state index contributed by atoms with van der Waals surface area (Å²) in [6.07, 6.45) is 2.47. The number of nitrogens with one attached hydrogen (secondary N) is 1. The fourth-order valence-corrected chi connectivity index (χ4v) is 3.83. The molecule has 0 unspecified atom stereocenters. The Hall–Kier alpha value is -2.74. The fourth-order valence-electron chi connectivity index (χ4n) is 3.36. The smallest absolute Gasteiger partial charge is 0.262 e. The van der Waals surface area contributed by atoms with Gasteiger partial charge in [-0.2, -0.15) is 5.26 Å². The first-order chi connectivity index (χ1) is 14.3. The van der Waals surface area contributed by atoms with E-state index in [2.05, 4.69) is 16.0 Å². The highest BCUT2D eigenvalue weighted by atomic mass is 35.5. The van der Waals surface area contributed by atoms with Crippen LogP contribution in [0.3, 0.4) is 0 Å². The Bertz CT molecular complexity index is 1170. The third-order valence-electron chi connectivity index (χ3n) is 5.27. The van der Waals surface area contributed by atoms with E-state index in [0.717, 1.165) is 34.1 Å². The molecule has 2 aromatic carbocycles. The van der Waals surface area contributed by atoms with Gasteiger partial charge in [0, 0.05) is 44.8 Å². The molecule has 3 rings (SSSR count). The Kier molecular flexibility index (Phi) is 6.87. The number of benzene rings is 2. The molecule has 1 aromatic heterocycles. The topological polar surface area (TPSA) is 57.8 Å². The molecule has 0 aliphatic rings. The summed E-state index contributed by atoms with van der Waals surface area (Å²) in [6.45, 7) is 6.44. The summed E-state index contributed by atoms with van der Waals surface area (Å²) < 4.78 is 2.14. The summed E-state index contributed by atoms with van der Waals surface area (Å²) in [4.78, 5) is 12.5. The number of nitriles is 1. The number of nitrogens with zero attached hydrogens (tertiary/aromatic N) is 2. The lowest BCUT2D eigenvalue weighted by Crippen LogP contribution is -2.32. The molecule has 30 heavy (non-hydrogen) atoms. The third kappa shape index (κ3) is 4.53. The van der Waals surface area contributed by atoms with Gasteiger partial charge >= 0.3 is 0 Å². The molecule has 3 aromatic rings. The molecule has 6 heteroatoms. The van der Waals surface area contributed by atoms with Crippen LogP contribution in [-0.2, 0) is 11.3 Å². The minimum atomic E-state index is -0.358. The van der Waals surface area contributed by atoms with E-state index in [1.807, 2.05) is 57.2 Å². The van der Waals surface area contributed by atoms with Gasteiger partial charge in [-0.3, -0.25) is 4.79 Å². The van der Waals surface area contributed by atoms with E-state index in [4.69, 9.17) is 23.2 Å². The van der Waals surface area contributed by atoms with Gasteiger partial charge in [-0.15, -0.1) is 0 Å². The van der Waals surface area contributed by atoms with Gasteiger partial charge in [0.25, 0.3) is 5.91 Å². The summed E-state index contributed by atoms with van der Waals surface area (Å²) in [5.41, 5.74) is 3.84. The van der Waals surface area contributed by atoms with E-state index in [-0.39, 0.29) is 17.5 Å². The van der Waals surface area contributed by atoms with Gasteiger partial charge in [0.05, 0.1) is 0 Å². The molecular weight excluding hydrogens is 417 g/mol. The zero-order chi connectivity index (χ0) is 21.8. The van der Waals surface area contributed by atoms with Crippen LogP contribution in [0.25, 0.3) is 17.0 Å². The number of hydrogen-bond acceptors (Lipinski definition) is 2. The molecule has 0 saturated carbocycles. The van der Waals surface area contributed by atoms with Crippen molar-refractivity contribution in [3.05, 3.63) is 74.9 Å². The van der Waals surface area contributed by atoms with E-state index in [0.29, 0.717) is 16.6 Å². The minimum Gasteiger partial charge on any atom is -0.349 e. The van der Waals surface area contributed by atoms with Crippen LogP contribution in [0.15, 0.2) is 48.0 Å². The van der Waals surface area contributed by atoms with E-state index in [9.17, 15) is 10.1 Å². The molecule has 0 bridgehead atoms. The molecule has 1 amide bonds. The lowest BCUT2D eigenvalue weighted by atomic mass is 10.1. The van der Waals surface area contributed by atoms with Gasteiger partial charge in [-0.25, -0.2) is 0 Å². The highest BCUT2D eigenvalue weighted by molar-refractivity contribution is 6.35. The summed E-state index contributed by atoms with van der Waals surface area (Å²) in [6, 6.07) is 15.4. The number of fused-ring (bicyclic) bond motifs is 1. The van der Waals surface area contributed by atoms with Crippen molar-refractivity contribution in [2.75, 3.05) is 0 Å². The average Bonchev–Trinajstić information content (AvgIpc) is 2.99. The Morgan fingerprint density at radius 2 is 2.00 bits per heavy atom. The number of rotatable bonds is 6. The molecule has 0 spiro atoms. The Morgan fingerprint density at radius 1 is 1.27 bits per heavy atom. The second kappa shape index (κ2) is 9.38. The van der Waals surface area contributed by atoms with Gasteiger partial charge in [-0.05, 0) is 50.1 Å². The highest BCUT2D eigenvalue weighted by Gasteiger charge is 2.17. The molecule has 0 aliphatic heterocycles. The van der Waals surface area contributed by atoms with Crippen LogP contribution >= 0.6 is 23.2 Å². The summed E-state index contributed by atoms with van der Waals surface area (Å²) in [7, 11) is 0. The maximum atomic E-state index is 12.5. The van der Waals surface area contributed by atoms with Crippen molar-refractivity contribution in [1.29, 1.82) is 5.26 Å². The Morgan fingerprint density at radius 3 is 2.67 bits per heavy atom. The first-order valence-electron chi connectivity index (χ1n) is 9.80. The molecule has 4 nitrogen and oxygen atoms in total. The number of para-hydroxylation sites is 1. The molecule has 0 aliphatic carbocycles. The van der Waals surface area contributed by atoms with Crippen molar-refractivity contribution >= 4 is 46.1 Å². The lowest BCUT2D eigenvalue weighted by Gasteiger charge is -2.11. The van der Waals surface area contributed by atoms with Crippen molar-refractivity contribution in [1.82, 2.24) is 9.88 Å². The zero-order valence-corrected chi connectivity index (χ0v) is 18.7. The van der Waals surface area contributed by atoms with Crippen LogP contribution in [0, 0.1) is 18.3 Å². The van der Waals surface area contributed by atoms with E-state index < -0.39 is 0 Å². The molecule has 0 fully saturated rings. The van der Waals surface area contributed by atoms with Gasteiger partial charge in [0.2, 0.25) is 0 Å². The molecule has 0 saturated heterocycles. The van der Waals surface area contributed by atoms with Crippen molar-refractivity contribution in [3.8, 4) is 6.07 Å². The molecule has 1 heterocycles. The second-order valence-corrected chi connectivity index (χ2v) is 8.13. The molecule has 1 N–H and O–H groups in total. The number of carbonyl (C=O) groups excluding carboxylic acids is 1. The van der Waals surface area contributed by atoms with Crippen LogP contribution in [0.2, 0.25) is 10.0 Å². The van der Waals surface area contributed by atoms with E-state index in [1.54, 1.807) is 12.1 Å². The zero-order valence-electron chi connectivity index (χ0n) is 17.2. The van der Waals surface area contributed by atoms with Crippen molar-refractivity contribution in [2.24, 2.45) is 0 Å². The molecule has 1 atom stereocenters. The van der Waals surface area contributed by atoms with Gasteiger partial charge in [0.15, 0.2) is 0 Å². The first kappa shape index (κ1) is 22.0. The van der Waals surface area contributed by atoms with Gasteiger partial charge in [0.1, 0.15) is 11.6 Å². The Balaban J connectivity index is 2.09. The summed E-state index contributed by atoms with van der Waals surface area (Å²) in [5.74, 6) is -0.358. The Labute approximate surface area is 186 Å². The van der Waals surface area contributed by atoms with Crippen LogP contribution in [0.1, 0.15) is 37.1 Å². The lowest BCUT2D eigenvalue weighted by molar-refractivity contribution is -0.117. The van der Waals surface area contributed by atoms with Crippen LogP contribution in [0.5, 0.6) is 0 Å². The number of halogens is 2. The van der Waals surface area contributed by atoms with Gasteiger partial charge < -0.3 is 9.88 Å². The quantitative estimate of drug-likeness (QED) is 0.371. The fraction of sp³-hybridized carbons (Fsp3) is 0.250. The third-order valence-corrected chi connectivity index (χ3v) is 5.85. The van der Waals surface area contributed by atoms with Gasteiger partial charge in [-0.1, -0.05) is 54.4 Å². The van der Waals surface area contributed by atoms with Crippen LogP contribution in [0.4, 0.5) is 0 Å². The minimum absolute atomic E-state index is 0.00346. The summed E-state index contributed by atoms with van der Waals surface area (Å²) in [5, 5.41) is 14.6.